The molecule has 0 amide bonds. The maximum atomic E-state index is 12.9. The average molecular weight is 344 g/mol. The fraction of sp³-hybridized carbons (Fsp3) is 0.0625. The average Bonchev–Trinajstić information content (AvgIpc) is 2.90. The van der Waals surface area contributed by atoms with E-state index in [2.05, 4.69) is 9.97 Å². The maximum absolute atomic E-state index is 12.9. The number of thiophene rings is 1. The van der Waals surface area contributed by atoms with Crippen LogP contribution in [0.4, 0.5) is 0 Å². The van der Waals surface area contributed by atoms with Gasteiger partial charge >= 0.3 is 5.69 Å². The van der Waals surface area contributed by atoms with Crippen LogP contribution in [-0.4, -0.2) is 14.5 Å². The molecule has 0 aliphatic rings. The van der Waals surface area contributed by atoms with Gasteiger partial charge in [0.2, 0.25) is 0 Å². The summed E-state index contributed by atoms with van der Waals surface area (Å²) in [5, 5.41) is 1.24. The third-order valence-corrected chi connectivity index (χ3v) is 5.05. The zero-order chi connectivity index (χ0) is 16.1. The number of aryl methyl sites for hydroxylation is 1. The topological polar surface area (TPSA) is 67.8 Å². The minimum atomic E-state index is -0.489. The van der Waals surface area contributed by atoms with E-state index in [-0.39, 0.29) is 5.56 Å². The van der Waals surface area contributed by atoms with Gasteiger partial charge in [-0.2, -0.15) is 0 Å². The Morgan fingerprint density at radius 1 is 1.26 bits per heavy atom. The van der Waals surface area contributed by atoms with Gasteiger partial charge < -0.3 is 4.98 Å². The monoisotopic (exact) mass is 343 g/mol. The molecule has 0 spiro atoms. The lowest BCUT2D eigenvalue weighted by Gasteiger charge is -2.08. The van der Waals surface area contributed by atoms with E-state index in [0.717, 1.165) is 20.3 Å². The minimum absolute atomic E-state index is 0.364. The van der Waals surface area contributed by atoms with Crippen LogP contribution in [0.25, 0.3) is 26.1 Å². The Kier molecular flexibility index (Phi) is 3.11. The van der Waals surface area contributed by atoms with E-state index in [4.69, 9.17) is 11.6 Å². The molecule has 0 atom stereocenters. The first-order valence-electron chi connectivity index (χ1n) is 6.85. The van der Waals surface area contributed by atoms with E-state index in [1.807, 2.05) is 13.0 Å². The van der Waals surface area contributed by atoms with Gasteiger partial charge in [-0.15, -0.1) is 11.3 Å². The molecule has 0 aliphatic carbocycles. The Morgan fingerprint density at radius 3 is 2.91 bits per heavy atom. The molecule has 0 radical (unpaired) electrons. The zero-order valence-electron chi connectivity index (χ0n) is 12.0. The minimum Gasteiger partial charge on any atom is -0.305 e. The van der Waals surface area contributed by atoms with E-state index < -0.39 is 5.69 Å². The maximum Gasteiger partial charge on any atom is 0.333 e. The number of halogens is 1. The van der Waals surface area contributed by atoms with Crippen molar-refractivity contribution in [2.75, 3.05) is 0 Å². The van der Waals surface area contributed by atoms with E-state index in [1.165, 1.54) is 11.3 Å². The molecule has 0 saturated heterocycles. The van der Waals surface area contributed by atoms with E-state index in [0.29, 0.717) is 20.9 Å². The molecule has 114 valence electrons. The van der Waals surface area contributed by atoms with Crippen LogP contribution in [0.5, 0.6) is 0 Å². The fourth-order valence-electron chi connectivity index (χ4n) is 2.61. The SMILES string of the molecule is Cc1ccc(Cl)cc1-n1c(=O)[nH]c2c(sc3ncccc32)c1=O. The van der Waals surface area contributed by atoms with Crippen molar-refractivity contribution in [1.82, 2.24) is 14.5 Å². The predicted molar refractivity (Wildman–Crippen MR) is 93.1 cm³/mol. The van der Waals surface area contributed by atoms with Crippen molar-refractivity contribution >= 4 is 43.4 Å². The Hall–Kier alpha value is -2.44. The van der Waals surface area contributed by atoms with Gasteiger partial charge in [0.15, 0.2) is 0 Å². The molecule has 5 nitrogen and oxygen atoms in total. The number of rotatable bonds is 1. The van der Waals surface area contributed by atoms with Gasteiger partial charge in [0.05, 0.1) is 11.2 Å². The van der Waals surface area contributed by atoms with Crippen molar-refractivity contribution in [3.63, 3.8) is 0 Å². The molecule has 4 aromatic rings. The third-order valence-electron chi connectivity index (χ3n) is 3.71. The van der Waals surface area contributed by atoms with Crippen LogP contribution in [-0.2, 0) is 0 Å². The Bertz CT molecular complexity index is 1190. The van der Waals surface area contributed by atoms with Crippen molar-refractivity contribution in [3.05, 3.63) is 68.0 Å². The highest BCUT2D eigenvalue weighted by Crippen LogP contribution is 2.28. The van der Waals surface area contributed by atoms with Crippen LogP contribution < -0.4 is 11.2 Å². The summed E-state index contributed by atoms with van der Waals surface area (Å²) >= 11 is 7.29. The van der Waals surface area contributed by atoms with Crippen LogP contribution in [0.3, 0.4) is 0 Å². The molecular weight excluding hydrogens is 334 g/mol. The van der Waals surface area contributed by atoms with Crippen molar-refractivity contribution < 1.29 is 0 Å². The second-order valence-electron chi connectivity index (χ2n) is 5.16. The van der Waals surface area contributed by atoms with Crippen LogP contribution in [0, 0.1) is 6.92 Å². The lowest BCUT2D eigenvalue weighted by molar-refractivity contribution is 0.897. The number of aromatic amines is 1. The van der Waals surface area contributed by atoms with Gasteiger partial charge in [-0.3, -0.25) is 4.79 Å². The number of pyridine rings is 1. The number of H-pyrrole nitrogens is 1. The largest absolute Gasteiger partial charge is 0.333 e. The number of aromatic nitrogens is 3. The first-order valence-corrected chi connectivity index (χ1v) is 8.05. The zero-order valence-corrected chi connectivity index (χ0v) is 13.5. The molecule has 0 bridgehead atoms. The van der Waals surface area contributed by atoms with Gasteiger partial charge in [-0.05, 0) is 36.8 Å². The second-order valence-corrected chi connectivity index (χ2v) is 6.60. The fourth-order valence-corrected chi connectivity index (χ4v) is 3.80. The van der Waals surface area contributed by atoms with Crippen LogP contribution in [0.2, 0.25) is 5.02 Å². The van der Waals surface area contributed by atoms with E-state index in [1.54, 1.807) is 30.5 Å². The summed E-state index contributed by atoms with van der Waals surface area (Å²) in [6.07, 6.45) is 1.66. The molecule has 0 fully saturated rings. The lowest BCUT2D eigenvalue weighted by atomic mass is 10.2. The van der Waals surface area contributed by atoms with Crippen LogP contribution >= 0.6 is 22.9 Å². The van der Waals surface area contributed by atoms with Crippen molar-refractivity contribution in [1.29, 1.82) is 0 Å². The molecule has 23 heavy (non-hydrogen) atoms. The highest BCUT2D eigenvalue weighted by atomic mass is 35.5. The molecule has 0 aliphatic heterocycles. The van der Waals surface area contributed by atoms with Crippen LogP contribution in [0.15, 0.2) is 46.1 Å². The Labute approximate surface area is 138 Å². The highest BCUT2D eigenvalue weighted by molar-refractivity contribution is 7.25. The number of hydrogen-bond acceptors (Lipinski definition) is 4. The summed E-state index contributed by atoms with van der Waals surface area (Å²) in [5.74, 6) is 0. The van der Waals surface area contributed by atoms with Gasteiger partial charge in [-0.1, -0.05) is 17.7 Å². The number of hydrogen-bond donors (Lipinski definition) is 1. The summed E-state index contributed by atoms with van der Waals surface area (Å²) in [5.41, 5.74) is 0.953. The van der Waals surface area contributed by atoms with Crippen molar-refractivity contribution in [2.24, 2.45) is 0 Å². The van der Waals surface area contributed by atoms with Crippen molar-refractivity contribution in [2.45, 2.75) is 6.92 Å². The van der Waals surface area contributed by atoms with Gasteiger partial charge in [0.25, 0.3) is 5.56 Å². The third kappa shape index (κ3) is 2.10. The summed E-state index contributed by atoms with van der Waals surface area (Å²) in [4.78, 5) is 33.1. The molecule has 4 rings (SSSR count). The molecular formula is C16H10ClN3O2S. The quantitative estimate of drug-likeness (QED) is 0.577. The summed E-state index contributed by atoms with van der Waals surface area (Å²) in [6, 6.07) is 8.73. The standard InChI is InChI=1S/C16H10ClN3O2S/c1-8-4-5-9(17)7-11(8)20-15(21)13-12(19-16(20)22)10-3-2-6-18-14(10)23-13/h2-7H,1H3,(H,19,22). The van der Waals surface area contributed by atoms with E-state index >= 15 is 0 Å². The van der Waals surface area contributed by atoms with Crippen LogP contribution in [0.1, 0.15) is 5.56 Å². The molecule has 1 N–H and O–H groups in total. The number of benzene rings is 1. The summed E-state index contributed by atoms with van der Waals surface area (Å²) in [6.45, 7) is 1.83. The molecule has 7 heteroatoms. The lowest BCUT2D eigenvalue weighted by Crippen LogP contribution is -2.33. The highest BCUT2D eigenvalue weighted by Gasteiger charge is 2.16. The number of fused-ring (bicyclic) bond motifs is 3. The number of nitrogens with zero attached hydrogens (tertiary/aromatic N) is 2. The van der Waals surface area contributed by atoms with Gasteiger partial charge in [0, 0.05) is 16.6 Å². The summed E-state index contributed by atoms with van der Waals surface area (Å²) in [7, 11) is 0. The molecule has 3 aromatic heterocycles. The second kappa shape index (κ2) is 5.04. The Balaban J connectivity index is 2.17. The first kappa shape index (κ1) is 14.2. The number of nitrogens with one attached hydrogen (secondary N) is 1. The smallest absolute Gasteiger partial charge is 0.305 e. The molecule has 0 saturated carbocycles. The van der Waals surface area contributed by atoms with E-state index in [9.17, 15) is 9.59 Å². The predicted octanol–water partition coefficient (Wildman–Crippen LogP) is 3.25. The van der Waals surface area contributed by atoms with Gasteiger partial charge in [-0.25, -0.2) is 14.3 Å². The molecule has 3 heterocycles. The normalized spacial score (nSPS) is 11.4. The first-order chi connectivity index (χ1) is 11.1. The van der Waals surface area contributed by atoms with Crippen molar-refractivity contribution in [3.8, 4) is 5.69 Å². The molecule has 1 aromatic carbocycles. The summed E-state index contributed by atoms with van der Waals surface area (Å²) < 4.78 is 1.59. The Morgan fingerprint density at radius 2 is 2.09 bits per heavy atom. The molecule has 0 unspecified atom stereocenters. The van der Waals surface area contributed by atoms with Gasteiger partial charge in [0.1, 0.15) is 9.53 Å².